The van der Waals surface area contributed by atoms with Gasteiger partial charge in [-0.3, -0.25) is 14.9 Å². The van der Waals surface area contributed by atoms with Gasteiger partial charge in [0.15, 0.2) is 5.75 Å². The van der Waals surface area contributed by atoms with Crippen molar-refractivity contribution in [2.75, 3.05) is 12.4 Å². The first-order valence-electron chi connectivity index (χ1n) is 8.71. The van der Waals surface area contributed by atoms with Crippen molar-refractivity contribution in [3.05, 3.63) is 81.4 Å². The van der Waals surface area contributed by atoms with Crippen LogP contribution in [0.1, 0.15) is 10.4 Å². The predicted octanol–water partition coefficient (Wildman–Crippen LogP) is 4.24. The molecule has 1 aromatic heterocycles. The Labute approximate surface area is 175 Å². The molecule has 0 saturated heterocycles. The number of nitrogens with one attached hydrogen (secondary N) is 1. The Hall–Kier alpha value is -3.98. The average Bonchev–Trinajstić information content (AvgIpc) is 3.17. The number of carbonyl (C=O) groups is 1. The summed E-state index contributed by atoms with van der Waals surface area (Å²) >= 11 is 5.91. The van der Waals surface area contributed by atoms with Gasteiger partial charge < -0.3 is 10.1 Å². The van der Waals surface area contributed by atoms with Gasteiger partial charge in [0.1, 0.15) is 11.0 Å². The van der Waals surface area contributed by atoms with Crippen molar-refractivity contribution in [2.45, 2.75) is 0 Å². The lowest BCUT2D eigenvalue weighted by Gasteiger charge is -2.06. The van der Waals surface area contributed by atoms with Crippen LogP contribution in [0, 0.1) is 10.1 Å². The summed E-state index contributed by atoms with van der Waals surface area (Å²) in [5, 5.41) is 23.3. The minimum Gasteiger partial charge on any atom is -0.490 e. The van der Waals surface area contributed by atoms with Gasteiger partial charge in [0.05, 0.1) is 17.7 Å². The molecule has 0 spiro atoms. The van der Waals surface area contributed by atoms with E-state index < -0.39 is 10.8 Å². The number of aromatic nitrogens is 3. The van der Waals surface area contributed by atoms with Crippen molar-refractivity contribution in [2.24, 2.45) is 0 Å². The van der Waals surface area contributed by atoms with Crippen molar-refractivity contribution >= 4 is 39.9 Å². The molecule has 0 fully saturated rings. The second-order valence-electron chi connectivity index (χ2n) is 6.27. The van der Waals surface area contributed by atoms with Crippen LogP contribution in [-0.2, 0) is 0 Å². The summed E-state index contributed by atoms with van der Waals surface area (Å²) in [6, 6.07) is 16.1. The van der Waals surface area contributed by atoms with E-state index in [0.717, 1.165) is 5.69 Å². The minimum atomic E-state index is -0.600. The van der Waals surface area contributed by atoms with E-state index in [1.54, 1.807) is 42.5 Å². The number of carbonyl (C=O) groups excluding carboxylic acids is 1. The fourth-order valence-corrected chi connectivity index (χ4v) is 2.99. The first kappa shape index (κ1) is 19.3. The van der Waals surface area contributed by atoms with Gasteiger partial charge in [-0.15, -0.1) is 10.2 Å². The number of halogens is 1. The maximum atomic E-state index is 12.6. The fraction of sp³-hybridized carbons (Fsp3) is 0.0500. The molecular formula is C20H14ClN5O4. The van der Waals surface area contributed by atoms with Crippen molar-refractivity contribution in [3.8, 4) is 11.4 Å². The molecule has 1 N–H and O–H groups in total. The zero-order valence-corrected chi connectivity index (χ0v) is 16.3. The molecule has 4 rings (SSSR count). The van der Waals surface area contributed by atoms with Gasteiger partial charge in [0, 0.05) is 22.3 Å². The van der Waals surface area contributed by atoms with Gasteiger partial charge in [-0.1, -0.05) is 11.6 Å². The average molecular weight is 424 g/mol. The zero-order valence-electron chi connectivity index (χ0n) is 15.6. The smallest absolute Gasteiger partial charge is 0.311 e. The number of hydrogen-bond donors (Lipinski definition) is 1. The largest absolute Gasteiger partial charge is 0.490 e. The first-order valence-corrected chi connectivity index (χ1v) is 9.09. The molecule has 1 heterocycles. The number of rotatable bonds is 5. The third kappa shape index (κ3) is 3.78. The second kappa shape index (κ2) is 7.80. The van der Waals surface area contributed by atoms with Gasteiger partial charge in [-0.2, -0.15) is 4.80 Å². The van der Waals surface area contributed by atoms with E-state index in [9.17, 15) is 14.9 Å². The number of ether oxygens (including phenoxy) is 1. The molecule has 30 heavy (non-hydrogen) atoms. The summed E-state index contributed by atoms with van der Waals surface area (Å²) in [6.07, 6.45) is 0. The molecule has 150 valence electrons. The minimum absolute atomic E-state index is 0.0804. The number of hydrogen-bond acceptors (Lipinski definition) is 6. The number of nitro benzene ring substituents is 1. The number of nitro groups is 1. The van der Waals surface area contributed by atoms with Crippen LogP contribution in [0.4, 0.5) is 11.4 Å². The lowest BCUT2D eigenvalue weighted by Crippen LogP contribution is -2.12. The number of nitrogens with zero attached hydrogens (tertiary/aromatic N) is 4. The van der Waals surface area contributed by atoms with Crippen LogP contribution in [-0.4, -0.2) is 32.9 Å². The molecule has 4 aromatic rings. The Morgan fingerprint density at radius 1 is 1.07 bits per heavy atom. The highest BCUT2D eigenvalue weighted by molar-refractivity contribution is 6.30. The molecule has 1 amide bonds. The lowest BCUT2D eigenvalue weighted by atomic mass is 10.1. The molecule has 0 radical (unpaired) electrons. The third-order valence-electron chi connectivity index (χ3n) is 4.33. The van der Waals surface area contributed by atoms with Crippen LogP contribution >= 0.6 is 11.6 Å². The summed E-state index contributed by atoms with van der Waals surface area (Å²) in [7, 11) is 1.33. The van der Waals surface area contributed by atoms with Gasteiger partial charge in [-0.05, 0) is 54.6 Å². The van der Waals surface area contributed by atoms with Crippen LogP contribution in [0.25, 0.3) is 16.7 Å². The van der Waals surface area contributed by atoms with Gasteiger partial charge in [-0.25, -0.2) is 0 Å². The van der Waals surface area contributed by atoms with Crippen molar-refractivity contribution in [3.63, 3.8) is 0 Å². The van der Waals surface area contributed by atoms with Gasteiger partial charge in [0.2, 0.25) is 0 Å². The molecule has 0 unspecified atom stereocenters. The van der Waals surface area contributed by atoms with Crippen LogP contribution in [0.3, 0.4) is 0 Å². The van der Waals surface area contributed by atoms with E-state index in [1.165, 1.54) is 30.1 Å². The Kier molecular flexibility index (Phi) is 5.03. The van der Waals surface area contributed by atoms with Crippen LogP contribution in [0.2, 0.25) is 5.02 Å². The highest BCUT2D eigenvalue weighted by Gasteiger charge is 2.18. The molecule has 0 aliphatic carbocycles. The van der Waals surface area contributed by atoms with E-state index >= 15 is 0 Å². The van der Waals surface area contributed by atoms with Crippen LogP contribution < -0.4 is 10.1 Å². The molecule has 3 aromatic carbocycles. The van der Waals surface area contributed by atoms with Gasteiger partial charge >= 0.3 is 5.69 Å². The predicted molar refractivity (Wildman–Crippen MR) is 111 cm³/mol. The molecule has 9 nitrogen and oxygen atoms in total. The van der Waals surface area contributed by atoms with Crippen molar-refractivity contribution in [1.82, 2.24) is 15.0 Å². The molecule has 0 saturated carbocycles. The maximum absolute atomic E-state index is 12.6. The zero-order chi connectivity index (χ0) is 21.3. The highest BCUT2D eigenvalue weighted by Crippen LogP contribution is 2.28. The second-order valence-corrected chi connectivity index (χ2v) is 6.70. The lowest BCUT2D eigenvalue weighted by molar-refractivity contribution is -0.385. The Morgan fingerprint density at radius 2 is 1.80 bits per heavy atom. The Balaban J connectivity index is 1.59. The SMILES string of the molecule is COc1ccc(C(=O)Nc2ccc3nn(-c4ccc(Cl)cc4)nc3c2)cc1[N+](=O)[O-]. The van der Waals surface area contributed by atoms with E-state index in [4.69, 9.17) is 16.3 Å². The van der Waals surface area contributed by atoms with E-state index in [-0.39, 0.29) is 17.0 Å². The van der Waals surface area contributed by atoms with Crippen molar-refractivity contribution < 1.29 is 14.5 Å². The molecule has 0 aliphatic rings. The number of fused-ring (bicyclic) bond motifs is 1. The summed E-state index contributed by atoms with van der Waals surface area (Å²) in [4.78, 5) is 24.6. The first-order chi connectivity index (χ1) is 14.4. The fourth-order valence-electron chi connectivity index (χ4n) is 2.86. The standard InChI is InChI=1S/C20H14ClN5O4/c1-30-19-9-2-12(10-18(19)26(28)29)20(27)22-14-5-8-16-17(11-14)24-25(23-16)15-6-3-13(21)4-7-15/h2-11H,1H3,(H,22,27). The summed E-state index contributed by atoms with van der Waals surface area (Å²) in [5.41, 5.74) is 2.28. The quantitative estimate of drug-likeness (QED) is 0.379. The Bertz CT molecular complexity index is 1270. The highest BCUT2D eigenvalue weighted by atomic mass is 35.5. The topological polar surface area (TPSA) is 112 Å². The van der Waals surface area contributed by atoms with E-state index in [2.05, 4.69) is 15.5 Å². The Morgan fingerprint density at radius 3 is 2.50 bits per heavy atom. The van der Waals surface area contributed by atoms with Crippen LogP contribution in [0.5, 0.6) is 5.75 Å². The summed E-state index contributed by atoms with van der Waals surface area (Å²) in [6.45, 7) is 0. The number of amides is 1. The molecule has 0 atom stereocenters. The number of methoxy groups -OCH3 is 1. The normalized spacial score (nSPS) is 10.7. The monoisotopic (exact) mass is 423 g/mol. The van der Waals surface area contributed by atoms with E-state index in [1.807, 2.05) is 0 Å². The van der Waals surface area contributed by atoms with E-state index in [0.29, 0.717) is 21.7 Å². The molecule has 0 aliphatic heterocycles. The van der Waals surface area contributed by atoms with Crippen LogP contribution in [0.15, 0.2) is 60.7 Å². The molecular weight excluding hydrogens is 410 g/mol. The summed E-state index contributed by atoms with van der Waals surface area (Å²) < 4.78 is 4.95. The molecule has 0 bridgehead atoms. The third-order valence-corrected chi connectivity index (χ3v) is 4.59. The molecule has 10 heteroatoms. The maximum Gasteiger partial charge on any atom is 0.311 e. The number of anilines is 1. The van der Waals surface area contributed by atoms with Gasteiger partial charge in [0.25, 0.3) is 5.91 Å². The number of benzene rings is 3. The van der Waals surface area contributed by atoms with Crippen molar-refractivity contribution in [1.29, 1.82) is 0 Å². The summed E-state index contributed by atoms with van der Waals surface area (Å²) in [5.74, 6) is -0.415.